The summed E-state index contributed by atoms with van der Waals surface area (Å²) in [5.74, 6) is -0.257. The Morgan fingerprint density at radius 1 is 0.842 bits per heavy atom. The van der Waals surface area contributed by atoms with E-state index in [4.69, 9.17) is 34.8 Å². The molecule has 1 saturated carbocycles. The van der Waals surface area contributed by atoms with E-state index in [0.717, 1.165) is 42.4 Å². The van der Waals surface area contributed by atoms with Gasteiger partial charge in [-0.25, -0.2) is 0 Å². The van der Waals surface area contributed by atoms with Crippen LogP contribution in [0.15, 0.2) is 72.8 Å². The SMILES string of the molecule is O=C(NC1CCCCC1)[C@@H](Cc1ccccc1)N(Cc1ccc(Cl)cc1Cl)C(=O)CCc1ccccc1Cl. The number of rotatable bonds is 10. The summed E-state index contributed by atoms with van der Waals surface area (Å²) < 4.78 is 0. The first-order chi connectivity index (χ1) is 18.4. The molecule has 1 N–H and O–H groups in total. The van der Waals surface area contributed by atoms with Crippen LogP contribution in [0.3, 0.4) is 0 Å². The second kappa shape index (κ2) is 14.0. The van der Waals surface area contributed by atoms with Gasteiger partial charge in [0.15, 0.2) is 0 Å². The summed E-state index contributed by atoms with van der Waals surface area (Å²) in [5, 5.41) is 4.87. The van der Waals surface area contributed by atoms with Crippen molar-refractivity contribution in [2.75, 3.05) is 0 Å². The van der Waals surface area contributed by atoms with Crippen molar-refractivity contribution in [1.29, 1.82) is 0 Å². The lowest BCUT2D eigenvalue weighted by molar-refractivity contribution is -0.141. The van der Waals surface area contributed by atoms with E-state index in [2.05, 4.69) is 5.32 Å². The molecule has 3 aromatic rings. The zero-order valence-electron chi connectivity index (χ0n) is 21.3. The van der Waals surface area contributed by atoms with Crippen LogP contribution < -0.4 is 5.32 Å². The van der Waals surface area contributed by atoms with E-state index in [0.29, 0.717) is 27.9 Å². The number of nitrogens with zero attached hydrogens (tertiary/aromatic N) is 1. The molecule has 1 atom stereocenters. The van der Waals surface area contributed by atoms with Crippen molar-refractivity contribution in [2.45, 2.75) is 70.0 Å². The lowest BCUT2D eigenvalue weighted by Gasteiger charge is -2.34. The van der Waals surface area contributed by atoms with Crippen LogP contribution in [0.4, 0.5) is 0 Å². The zero-order valence-corrected chi connectivity index (χ0v) is 23.6. The Morgan fingerprint density at radius 2 is 1.55 bits per heavy atom. The second-order valence-electron chi connectivity index (χ2n) is 9.90. The molecule has 1 fully saturated rings. The minimum Gasteiger partial charge on any atom is -0.352 e. The highest BCUT2D eigenvalue weighted by atomic mass is 35.5. The molecule has 4 rings (SSSR count). The molecule has 0 heterocycles. The molecule has 1 aliphatic rings. The first-order valence-electron chi connectivity index (χ1n) is 13.2. The Kier molecular flexibility index (Phi) is 10.5. The minimum atomic E-state index is -0.690. The van der Waals surface area contributed by atoms with Gasteiger partial charge in [-0.2, -0.15) is 0 Å². The third kappa shape index (κ3) is 7.99. The Hall–Kier alpha value is -2.53. The fraction of sp³-hybridized carbons (Fsp3) is 0.355. The van der Waals surface area contributed by atoms with Crippen molar-refractivity contribution in [2.24, 2.45) is 0 Å². The van der Waals surface area contributed by atoms with Crippen LogP contribution in [-0.4, -0.2) is 28.8 Å². The summed E-state index contributed by atoms with van der Waals surface area (Å²) in [5.41, 5.74) is 2.63. The molecule has 4 nitrogen and oxygen atoms in total. The molecular formula is C31H33Cl3N2O2. The van der Waals surface area contributed by atoms with Gasteiger partial charge in [0.25, 0.3) is 0 Å². The highest BCUT2D eigenvalue weighted by Crippen LogP contribution is 2.26. The number of hydrogen-bond acceptors (Lipinski definition) is 2. The standard InChI is InChI=1S/C31H33Cl3N2O2/c32-25-17-15-24(28(34)20-25)21-36(30(37)18-16-23-11-7-8-14-27(23)33)29(19-22-9-3-1-4-10-22)31(38)35-26-12-5-2-6-13-26/h1,3-4,7-11,14-15,17,20,26,29H,2,5-6,12-13,16,18-19,21H2,(H,35,38)/t29-/m1/s1. The van der Waals surface area contributed by atoms with E-state index in [1.807, 2.05) is 60.7 Å². The average Bonchev–Trinajstić information content (AvgIpc) is 2.92. The predicted molar refractivity (Wildman–Crippen MR) is 156 cm³/mol. The monoisotopic (exact) mass is 570 g/mol. The zero-order chi connectivity index (χ0) is 26.9. The molecule has 0 radical (unpaired) electrons. The number of carbonyl (C=O) groups is 2. The van der Waals surface area contributed by atoms with Gasteiger partial charge in [-0.3, -0.25) is 9.59 Å². The maximum absolute atomic E-state index is 13.9. The van der Waals surface area contributed by atoms with E-state index < -0.39 is 6.04 Å². The number of halogens is 3. The van der Waals surface area contributed by atoms with Crippen LogP contribution >= 0.6 is 34.8 Å². The summed E-state index contributed by atoms with van der Waals surface area (Å²) in [7, 11) is 0. The van der Waals surface area contributed by atoms with Crippen LogP contribution in [0, 0.1) is 0 Å². The molecule has 0 aromatic heterocycles. The number of hydrogen-bond donors (Lipinski definition) is 1. The smallest absolute Gasteiger partial charge is 0.243 e. The lowest BCUT2D eigenvalue weighted by Crippen LogP contribution is -2.53. The van der Waals surface area contributed by atoms with Gasteiger partial charge < -0.3 is 10.2 Å². The van der Waals surface area contributed by atoms with Gasteiger partial charge in [0.05, 0.1) is 0 Å². The molecule has 1 aliphatic carbocycles. The predicted octanol–water partition coefficient (Wildman–Crippen LogP) is 7.67. The van der Waals surface area contributed by atoms with Crippen molar-refractivity contribution in [3.63, 3.8) is 0 Å². The number of amides is 2. The van der Waals surface area contributed by atoms with Crippen LogP contribution in [0.5, 0.6) is 0 Å². The summed E-state index contributed by atoms with van der Waals surface area (Å²) in [6.45, 7) is 0.201. The maximum atomic E-state index is 13.9. The molecule has 0 unspecified atom stereocenters. The topological polar surface area (TPSA) is 49.4 Å². The second-order valence-corrected chi connectivity index (χ2v) is 11.1. The highest BCUT2D eigenvalue weighted by molar-refractivity contribution is 6.35. The summed E-state index contributed by atoms with van der Waals surface area (Å²) in [6.07, 6.45) is 6.44. The molecule has 3 aromatic carbocycles. The van der Waals surface area contributed by atoms with Crippen molar-refractivity contribution >= 4 is 46.6 Å². The van der Waals surface area contributed by atoms with E-state index in [1.54, 1.807) is 17.0 Å². The number of nitrogens with one attached hydrogen (secondary N) is 1. The van der Waals surface area contributed by atoms with Gasteiger partial charge >= 0.3 is 0 Å². The van der Waals surface area contributed by atoms with E-state index in [1.165, 1.54) is 6.42 Å². The summed E-state index contributed by atoms with van der Waals surface area (Å²) in [6, 6.07) is 22.0. The van der Waals surface area contributed by atoms with Crippen LogP contribution in [0.1, 0.15) is 55.2 Å². The minimum absolute atomic E-state index is 0.128. The molecule has 7 heteroatoms. The van der Waals surface area contributed by atoms with Crippen molar-refractivity contribution in [3.8, 4) is 0 Å². The number of aryl methyl sites for hydroxylation is 1. The Morgan fingerprint density at radius 3 is 2.26 bits per heavy atom. The Balaban J connectivity index is 1.64. The van der Waals surface area contributed by atoms with Crippen LogP contribution in [0.2, 0.25) is 15.1 Å². The third-order valence-electron chi connectivity index (χ3n) is 7.14. The fourth-order valence-electron chi connectivity index (χ4n) is 5.02. The Bertz CT molecular complexity index is 1230. The fourth-order valence-corrected chi connectivity index (χ4v) is 5.72. The van der Waals surface area contributed by atoms with Crippen LogP contribution in [0.25, 0.3) is 0 Å². The van der Waals surface area contributed by atoms with Gasteiger partial charge in [0, 0.05) is 40.5 Å². The normalized spacial score (nSPS) is 14.6. The van der Waals surface area contributed by atoms with Gasteiger partial charge in [0.1, 0.15) is 6.04 Å². The Labute approximate surface area is 240 Å². The van der Waals surface area contributed by atoms with E-state index >= 15 is 0 Å². The van der Waals surface area contributed by atoms with Crippen LogP contribution in [-0.2, 0) is 29.0 Å². The molecule has 0 aliphatic heterocycles. The highest BCUT2D eigenvalue weighted by Gasteiger charge is 2.32. The van der Waals surface area contributed by atoms with Gasteiger partial charge in [-0.05, 0) is 54.2 Å². The first-order valence-corrected chi connectivity index (χ1v) is 14.3. The maximum Gasteiger partial charge on any atom is 0.243 e. The first kappa shape index (κ1) is 28.5. The quantitative estimate of drug-likeness (QED) is 0.271. The van der Waals surface area contributed by atoms with E-state index in [9.17, 15) is 9.59 Å². The van der Waals surface area contributed by atoms with Gasteiger partial charge in [-0.1, -0.05) is 109 Å². The average molecular weight is 572 g/mol. The van der Waals surface area contributed by atoms with Crippen molar-refractivity contribution in [1.82, 2.24) is 10.2 Å². The molecule has 200 valence electrons. The molecular weight excluding hydrogens is 539 g/mol. The summed E-state index contributed by atoms with van der Waals surface area (Å²) >= 11 is 19.0. The largest absolute Gasteiger partial charge is 0.352 e. The van der Waals surface area contributed by atoms with Crippen molar-refractivity contribution < 1.29 is 9.59 Å². The van der Waals surface area contributed by atoms with E-state index in [-0.39, 0.29) is 30.8 Å². The number of carbonyl (C=O) groups excluding carboxylic acids is 2. The van der Waals surface area contributed by atoms with Gasteiger partial charge in [0.2, 0.25) is 11.8 Å². The molecule has 0 saturated heterocycles. The molecule has 38 heavy (non-hydrogen) atoms. The lowest BCUT2D eigenvalue weighted by atomic mass is 9.94. The molecule has 0 bridgehead atoms. The molecule has 2 amide bonds. The number of benzene rings is 3. The third-order valence-corrected chi connectivity index (χ3v) is 8.10. The van der Waals surface area contributed by atoms with Crippen molar-refractivity contribution in [3.05, 3.63) is 105 Å². The van der Waals surface area contributed by atoms with Gasteiger partial charge in [-0.15, -0.1) is 0 Å². The molecule has 0 spiro atoms. The summed E-state index contributed by atoms with van der Waals surface area (Å²) in [4.78, 5) is 29.4.